The van der Waals surface area contributed by atoms with Crippen molar-refractivity contribution in [1.82, 2.24) is 0 Å². The van der Waals surface area contributed by atoms with Crippen molar-refractivity contribution in [1.29, 1.82) is 0 Å². The van der Waals surface area contributed by atoms with Gasteiger partial charge in [-0.1, -0.05) is 0 Å². The van der Waals surface area contributed by atoms with Crippen LogP contribution in [-0.4, -0.2) is 44.6 Å². The fourth-order valence-electron chi connectivity index (χ4n) is 0.502. The van der Waals surface area contributed by atoms with E-state index in [0.717, 1.165) is 0 Å². The summed E-state index contributed by atoms with van der Waals surface area (Å²) >= 11 is 0. The Labute approximate surface area is 74.2 Å². The Balaban J connectivity index is 3.96. The van der Waals surface area contributed by atoms with Gasteiger partial charge < -0.3 is 20.0 Å². The molecule has 4 N–H and O–H groups in total. The summed E-state index contributed by atoms with van der Waals surface area (Å²) in [6.07, 6.45) is -2.99. The molecule has 0 rings (SSSR count). The van der Waals surface area contributed by atoms with Gasteiger partial charge in [0.2, 0.25) is 0 Å². The van der Waals surface area contributed by atoms with Gasteiger partial charge >= 0.3 is 7.82 Å². The predicted octanol–water partition coefficient (Wildman–Crippen LogP) is -1.59. The van der Waals surface area contributed by atoms with Gasteiger partial charge in [-0.25, -0.2) is 4.57 Å². The number of phosphoric ester groups is 1. The highest BCUT2D eigenvalue weighted by molar-refractivity contribution is 7.46. The second-order valence-corrected chi connectivity index (χ2v) is 3.66. The highest BCUT2D eigenvalue weighted by Gasteiger charge is 2.24. The third kappa shape index (κ3) is 5.87. The summed E-state index contributed by atoms with van der Waals surface area (Å²) in [4.78, 5) is 27.1. The van der Waals surface area contributed by atoms with Crippen molar-refractivity contribution in [2.45, 2.75) is 19.1 Å². The fourth-order valence-corrected chi connectivity index (χ4v) is 0.798. The van der Waals surface area contributed by atoms with Gasteiger partial charge in [0, 0.05) is 0 Å². The topological polar surface area (TPSA) is 124 Å². The Morgan fingerprint density at radius 3 is 2.23 bits per heavy atom. The van der Waals surface area contributed by atoms with Crippen LogP contribution < -0.4 is 0 Å². The first kappa shape index (κ1) is 12.7. The average molecular weight is 214 g/mol. The number of Topliss-reactive ketones (excluding diaryl/α,β-unsaturated/α-hetero) is 1. The largest absolute Gasteiger partial charge is 0.470 e. The Kier molecular flexibility index (Phi) is 4.69. The lowest BCUT2D eigenvalue weighted by molar-refractivity contribution is -0.134. The smallest absolute Gasteiger partial charge is 0.390 e. The number of phosphoric acid groups is 1. The zero-order valence-corrected chi connectivity index (χ0v) is 7.72. The van der Waals surface area contributed by atoms with Crippen molar-refractivity contribution in [2.24, 2.45) is 0 Å². The SMILES string of the molecule is CC(O)[C@H](O)C(=O)COP(=O)(O)O. The molecule has 0 aliphatic rings. The van der Waals surface area contributed by atoms with E-state index in [2.05, 4.69) is 4.52 Å². The second-order valence-electron chi connectivity index (χ2n) is 2.42. The van der Waals surface area contributed by atoms with E-state index < -0.39 is 32.4 Å². The maximum Gasteiger partial charge on any atom is 0.470 e. The number of aliphatic hydroxyl groups is 2. The lowest BCUT2D eigenvalue weighted by Gasteiger charge is -2.12. The second kappa shape index (κ2) is 4.80. The van der Waals surface area contributed by atoms with Crippen LogP contribution in [0.15, 0.2) is 0 Å². The molecule has 7 nitrogen and oxygen atoms in total. The van der Waals surface area contributed by atoms with E-state index in [1.54, 1.807) is 0 Å². The molecule has 0 amide bonds. The molecule has 0 heterocycles. The van der Waals surface area contributed by atoms with Gasteiger partial charge in [-0.05, 0) is 6.92 Å². The number of aliphatic hydroxyl groups excluding tert-OH is 2. The standard InChI is InChI=1S/C5H11O7P/c1-3(6)5(8)4(7)2-12-13(9,10)11/h3,5-6,8H,2H2,1H3,(H2,9,10,11)/t3?,5-/m0/s1. The summed E-state index contributed by atoms with van der Waals surface area (Å²) < 4.78 is 13.9. The number of carbonyl (C=O) groups is 1. The van der Waals surface area contributed by atoms with Crippen LogP contribution in [0.1, 0.15) is 6.92 Å². The van der Waals surface area contributed by atoms with E-state index in [1.807, 2.05) is 0 Å². The molecule has 78 valence electrons. The van der Waals surface area contributed by atoms with Crippen LogP contribution >= 0.6 is 7.82 Å². The van der Waals surface area contributed by atoms with E-state index in [-0.39, 0.29) is 0 Å². The lowest BCUT2D eigenvalue weighted by Crippen LogP contribution is -2.34. The van der Waals surface area contributed by atoms with Gasteiger partial charge in [0.05, 0.1) is 6.10 Å². The van der Waals surface area contributed by atoms with Crippen LogP contribution in [0.25, 0.3) is 0 Å². The van der Waals surface area contributed by atoms with Gasteiger partial charge in [0.15, 0.2) is 5.78 Å². The molecule has 0 aromatic carbocycles. The molecule has 0 saturated carbocycles. The minimum absolute atomic E-state index is 0.934. The Hall–Kier alpha value is -0.300. The van der Waals surface area contributed by atoms with Crippen LogP contribution in [-0.2, 0) is 13.9 Å². The summed E-state index contributed by atoms with van der Waals surface area (Å²) in [6.45, 7) is 0.233. The van der Waals surface area contributed by atoms with Crippen LogP contribution in [0.4, 0.5) is 0 Å². The lowest BCUT2D eigenvalue weighted by atomic mass is 10.1. The van der Waals surface area contributed by atoms with Gasteiger partial charge in [-0.15, -0.1) is 0 Å². The minimum Gasteiger partial charge on any atom is -0.390 e. The summed E-state index contributed by atoms with van der Waals surface area (Å²) in [5.41, 5.74) is 0. The highest BCUT2D eigenvalue weighted by Crippen LogP contribution is 2.35. The molecule has 13 heavy (non-hydrogen) atoms. The molecular formula is C5H11O7P. The normalized spacial score (nSPS) is 16.7. The van der Waals surface area contributed by atoms with Crippen molar-refractivity contribution in [3.05, 3.63) is 0 Å². The molecule has 0 aliphatic heterocycles. The molecule has 0 aliphatic carbocycles. The zero-order valence-electron chi connectivity index (χ0n) is 6.82. The van der Waals surface area contributed by atoms with E-state index in [0.29, 0.717) is 0 Å². The highest BCUT2D eigenvalue weighted by atomic mass is 31.2. The van der Waals surface area contributed by atoms with Gasteiger partial charge in [-0.2, -0.15) is 0 Å². The summed E-state index contributed by atoms with van der Waals surface area (Å²) in [6, 6.07) is 0. The zero-order chi connectivity index (χ0) is 10.6. The molecule has 0 radical (unpaired) electrons. The number of hydrogen-bond donors (Lipinski definition) is 4. The number of hydrogen-bond acceptors (Lipinski definition) is 5. The maximum atomic E-state index is 10.8. The van der Waals surface area contributed by atoms with E-state index in [9.17, 15) is 9.36 Å². The maximum absolute atomic E-state index is 10.8. The average Bonchev–Trinajstić information content (AvgIpc) is 1.97. The number of rotatable bonds is 5. The molecule has 0 fully saturated rings. The Morgan fingerprint density at radius 1 is 1.46 bits per heavy atom. The fraction of sp³-hybridized carbons (Fsp3) is 0.800. The first-order chi connectivity index (χ1) is 5.74. The molecule has 8 heteroatoms. The molecule has 0 saturated heterocycles. The Morgan fingerprint density at radius 2 is 1.92 bits per heavy atom. The first-order valence-electron chi connectivity index (χ1n) is 3.33. The van der Waals surface area contributed by atoms with Crippen LogP contribution in [0.5, 0.6) is 0 Å². The van der Waals surface area contributed by atoms with E-state index >= 15 is 0 Å². The minimum atomic E-state index is -4.70. The van der Waals surface area contributed by atoms with Crippen molar-refractivity contribution in [3.8, 4) is 0 Å². The van der Waals surface area contributed by atoms with Gasteiger partial charge in [0.1, 0.15) is 12.7 Å². The van der Waals surface area contributed by atoms with Crippen LogP contribution in [0.2, 0.25) is 0 Å². The molecule has 0 spiro atoms. The van der Waals surface area contributed by atoms with E-state index in [4.69, 9.17) is 20.0 Å². The van der Waals surface area contributed by atoms with E-state index in [1.165, 1.54) is 6.92 Å². The van der Waals surface area contributed by atoms with Crippen molar-refractivity contribution < 1.29 is 33.9 Å². The first-order valence-corrected chi connectivity index (χ1v) is 4.86. The molecule has 0 bridgehead atoms. The van der Waals surface area contributed by atoms with Crippen LogP contribution in [0, 0.1) is 0 Å². The molecular weight excluding hydrogens is 203 g/mol. The Bertz CT molecular complexity index is 219. The van der Waals surface area contributed by atoms with Gasteiger partial charge in [0.25, 0.3) is 0 Å². The molecule has 2 atom stereocenters. The number of carbonyl (C=O) groups excluding carboxylic acids is 1. The monoisotopic (exact) mass is 214 g/mol. The summed E-state index contributed by atoms with van der Waals surface area (Å²) in [5, 5.41) is 17.6. The molecule has 1 unspecified atom stereocenters. The summed E-state index contributed by atoms with van der Waals surface area (Å²) in [5.74, 6) is -0.988. The quantitative estimate of drug-likeness (QED) is 0.406. The number of ketones is 1. The third-order valence-corrected chi connectivity index (χ3v) is 1.63. The predicted molar refractivity (Wildman–Crippen MR) is 40.7 cm³/mol. The van der Waals surface area contributed by atoms with Crippen molar-refractivity contribution in [2.75, 3.05) is 6.61 Å². The van der Waals surface area contributed by atoms with Gasteiger partial charge in [-0.3, -0.25) is 9.32 Å². The summed E-state index contributed by atoms with van der Waals surface area (Å²) in [7, 11) is -4.70. The van der Waals surface area contributed by atoms with Crippen LogP contribution in [0.3, 0.4) is 0 Å². The van der Waals surface area contributed by atoms with Crippen molar-refractivity contribution in [3.63, 3.8) is 0 Å². The molecule has 0 aromatic heterocycles. The molecule has 0 aromatic rings. The third-order valence-electron chi connectivity index (χ3n) is 1.16. The van der Waals surface area contributed by atoms with Crippen molar-refractivity contribution >= 4 is 13.6 Å².